The molecular formula is C16H19N5O2. The number of aryl methyl sites for hydroxylation is 1. The average molecular weight is 313 g/mol. The standard InChI is InChI=1S/C16H19N5O2/c1-11-4-5-14(18-9-11)20-16-17-7-6-12(19-16)13-3-2-8-21(13)15(23)10-22/h4-7,9,13,22H,2-3,8,10H2,1H3,(H,17,18,19,20)/t13-/m1/s1. The van der Waals surface area contributed by atoms with Gasteiger partial charge in [0.2, 0.25) is 11.9 Å². The highest BCUT2D eigenvalue weighted by atomic mass is 16.3. The fourth-order valence-electron chi connectivity index (χ4n) is 2.74. The molecule has 0 radical (unpaired) electrons. The highest BCUT2D eigenvalue weighted by molar-refractivity contribution is 5.78. The zero-order valence-corrected chi connectivity index (χ0v) is 12.9. The Bertz CT molecular complexity index is 689. The molecule has 2 aromatic heterocycles. The molecule has 2 aromatic rings. The second-order valence-electron chi connectivity index (χ2n) is 5.55. The molecule has 0 aromatic carbocycles. The highest BCUT2D eigenvalue weighted by Gasteiger charge is 2.30. The third-order valence-electron chi connectivity index (χ3n) is 3.88. The van der Waals surface area contributed by atoms with E-state index in [9.17, 15) is 4.79 Å². The van der Waals surface area contributed by atoms with Gasteiger partial charge in [0, 0.05) is 18.9 Å². The van der Waals surface area contributed by atoms with Gasteiger partial charge in [-0.3, -0.25) is 4.79 Å². The van der Waals surface area contributed by atoms with Gasteiger partial charge in [-0.2, -0.15) is 0 Å². The smallest absolute Gasteiger partial charge is 0.248 e. The molecule has 1 aliphatic heterocycles. The van der Waals surface area contributed by atoms with E-state index in [0.29, 0.717) is 18.3 Å². The normalized spacial score (nSPS) is 17.3. The fourth-order valence-corrected chi connectivity index (χ4v) is 2.74. The van der Waals surface area contributed by atoms with Crippen molar-refractivity contribution in [2.45, 2.75) is 25.8 Å². The minimum absolute atomic E-state index is 0.107. The molecule has 7 nitrogen and oxygen atoms in total. The average Bonchev–Trinajstić information content (AvgIpc) is 3.06. The predicted octanol–water partition coefficient (Wildman–Crippen LogP) is 1.58. The number of likely N-dealkylation sites (tertiary alicyclic amines) is 1. The summed E-state index contributed by atoms with van der Waals surface area (Å²) in [5.41, 5.74) is 1.85. The van der Waals surface area contributed by atoms with Gasteiger partial charge in [-0.05, 0) is 37.5 Å². The van der Waals surface area contributed by atoms with Crippen LogP contribution >= 0.6 is 0 Å². The van der Waals surface area contributed by atoms with Crippen LogP contribution in [0.2, 0.25) is 0 Å². The number of rotatable bonds is 4. The summed E-state index contributed by atoms with van der Waals surface area (Å²) < 4.78 is 0. The molecule has 23 heavy (non-hydrogen) atoms. The second kappa shape index (κ2) is 6.70. The Morgan fingerprint density at radius 3 is 3.00 bits per heavy atom. The van der Waals surface area contributed by atoms with Crippen LogP contribution in [0.15, 0.2) is 30.6 Å². The summed E-state index contributed by atoms with van der Waals surface area (Å²) in [5.74, 6) is 0.852. The van der Waals surface area contributed by atoms with Crippen molar-refractivity contribution < 1.29 is 9.90 Å². The molecule has 1 saturated heterocycles. The van der Waals surface area contributed by atoms with E-state index in [1.54, 1.807) is 23.4 Å². The third kappa shape index (κ3) is 3.45. The predicted molar refractivity (Wildman–Crippen MR) is 85.1 cm³/mol. The number of carbonyl (C=O) groups is 1. The number of nitrogens with zero attached hydrogens (tertiary/aromatic N) is 4. The van der Waals surface area contributed by atoms with Crippen molar-refractivity contribution >= 4 is 17.7 Å². The number of nitrogens with one attached hydrogen (secondary N) is 1. The number of hydrogen-bond acceptors (Lipinski definition) is 6. The number of amides is 1. The Labute approximate surface area is 134 Å². The monoisotopic (exact) mass is 313 g/mol. The molecule has 0 spiro atoms. The van der Waals surface area contributed by atoms with Gasteiger partial charge in [-0.25, -0.2) is 15.0 Å². The summed E-state index contributed by atoms with van der Waals surface area (Å²) in [6, 6.07) is 5.52. The molecule has 1 aliphatic rings. The summed E-state index contributed by atoms with van der Waals surface area (Å²) in [5, 5.41) is 12.2. The quantitative estimate of drug-likeness (QED) is 0.890. The molecule has 1 atom stereocenters. The molecule has 0 unspecified atom stereocenters. The highest BCUT2D eigenvalue weighted by Crippen LogP contribution is 2.31. The van der Waals surface area contributed by atoms with E-state index in [2.05, 4.69) is 20.3 Å². The van der Waals surface area contributed by atoms with Gasteiger partial charge in [-0.15, -0.1) is 0 Å². The molecule has 120 valence electrons. The van der Waals surface area contributed by atoms with Crippen LogP contribution in [0, 0.1) is 6.92 Å². The number of pyridine rings is 1. The topological polar surface area (TPSA) is 91.2 Å². The van der Waals surface area contributed by atoms with E-state index in [1.807, 2.05) is 19.1 Å². The number of carbonyl (C=O) groups excluding carboxylic acids is 1. The molecule has 1 fully saturated rings. The van der Waals surface area contributed by atoms with Gasteiger partial charge in [0.05, 0.1) is 11.7 Å². The van der Waals surface area contributed by atoms with Gasteiger partial charge in [0.1, 0.15) is 12.4 Å². The molecule has 0 bridgehead atoms. The maximum atomic E-state index is 11.8. The summed E-state index contributed by atoms with van der Waals surface area (Å²) in [7, 11) is 0. The van der Waals surface area contributed by atoms with Crippen molar-refractivity contribution in [2.24, 2.45) is 0 Å². The Morgan fingerprint density at radius 1 is 1.39 bits per heavy atom. The summed E-state index contributed by atoms with van der Waals surface area (Å²) in [6.07, 6.45) is 5.18. The van der Waals surface area contributed by atoms with Crippen LogP contribution in [0.25, 0.3) is 0 Å². The van der Waals surface area contributed by atoms with Crippen LogP contribution in [0.4, 0.5) is 11.8 Å². The molecule has 3 rings (SSSR count). The van der Waals surface area contributed by atoms with Gasteiger partial charge < -0.3 is 15.3 Å². The second-order valence-corrected chi connectivity index (χ2v) is 5.55. The summed E-state index contributed by atoms with van der Waals surface area (Å²) in [6.45, 7) is 2.15. The van der Waals surface area contributed by atoms with Crippen LogP contribution in [0.5, 0.6) is 0 Å². The molecular weight excluding hydrogens is 294 g/mol. The van der Waals surface area contributed by atoms with E-state index in [0.717, 1.165) is 24.1 Å². The fraction of sp³-hybridized carbons (Fsp3) is 0.375. The molecule has 0 saturated carbocycles. The number of aliphatic hydroxyl groups excluding tert-OH is 1. The number of hydrogen-bond donors (Lipinski definition) is 2. The van der Waals surface area contributed by atoms with Crippen molar-refractivity contribution in [1.29, 1.82) is 0 Å². The minimum Gasteiger partial charge on any atom is -0.387 e. The first-order valence-corrected chi connectivity index (χ1v) is 7.60. The Kier molecular flexibility index (Phi) is 4.47. The van der Waals surface area contributed by atoms with Crippen molar-refractivity contribution in [2.75, 3.05) is 18.5 Å². The summed E-state index contributed by atoms with van der Waals surface area (Å²) >= 11 is 0. The SMILES string of the molecule is Cc1ccc(Nc2nccc([C@H]3CCCN3C(=O)CO)n2)nc1. The van der Waals surface area contributed by atoms with Crippen molar-refractivity contribution in [3.05, 3.63) is 41.9 Å². The minimum atomic E-state index is -0.472. The van der Waals surface area contributed by atoms with Crippen molar-refractivity contribution in [3.8, 4) is 0 Å². The third-order valence-corrected chi connectivity index (χ3v) is 3.88. The zero-order valence-electron chi connectivity index (χ0n) is 12.9. The van der Waals surface area contributed by atoms with Gasteiger partial charge >= 0.3 is 0 Å². The van der Waals surface area contributed by atoms with Crippen LogP contribution in [0.3, 0.4) is 0 Å². The van der Waals surface area contributed by atoms with Crippen molar-refractivity contribution in [3.63, 3.8) is 0 Å². The van der Waals surface area contributed by atoms with E-state index >= 15 is 0 Å². The van der Waals surface area contributed by atoms with Crippen LogP contribution in [0.1, 0.15) is 30.1 Å². The van der Waals surface area contributed by atoms with Crippen molar-refractivity contribution in [1.82, 2.24) is 19.9 Å². The Morgan fingerprint density at radius 2 is 2.26 bits per heavy atom. The number of aromatic nitrogens is 3. The lowest BCUT2D eigenvalue weighted by Gasteiger charge is -2.23. The molecule has 7 heteroatoms. The maximum absolute atomic E-state index is 11.8. The van der Waals surface area contributed by atoms with E-state index in [1.165, 1.54) is 0 Å². The summed E-state index contributed by atoms with van der Waals surface area (Å²) in [4.78, 5) is 26.5. The Balaban J connectivity index is 1.79. The maximum Gasteiger partial charge on any atom is 0.248 e. The molecule has 0 aliphatic carbocycles. The number of anilines is 2. The van der Waals surface area contributed by atoms with E-state index < -0.39 is 6.61 Å². The van der Waals surface area contributed by atoms with Crippen LogP contribution in [-0.4, -0.2) is 44.0 Å². The Hall–Kier alpha value is -2.54. The molecule has 2 N–H and O–H groups in total. The lowest BCUT2D eigenvalue weighted by Crippen LogP contribution is -2.33. The first-order chi connectivity index (χ1) is 11.2. The number of aliphatic hydroxyl groups is 1. The molecule has 3 heterocycles. The van der Waals surface area contributed by atoms with Gasteiger partial charge in [0.25, 0.3) is 0 Å². The first kappa shape index (κ1) is 15.4. The van der Waals surface area contributed by atoms with Gasteiger partial charge in [-0.1, -0.05) is 6.07 Å². The van der Waals surface area contributed by atoms with E-state index in [4.69, 9.17) is 5.11 Å². The zero-order chi connectivity index (χ0) is 16.2. The lowest BCUT2D eigenvalue weighted by atomic mass is 10.1. The molecule has 1 amide bonds. The first-order valence-electron chi connectivity index (χ1n) is 7.60. The van der Waals surface area contributed by atoms with Crippen LogP contribution < -0.4 is 5.32 Å². The van der Waals surface area contributed by atoms with E-state index in [-0.39, 0.29) is 11.9 Å². The lowest BCUT2D eigenvalue weighted by molar-refractivity contribution is -0.135. The van der Waals surface area contributed by atoms with Gasteiger partial charge in [0.15, 0.2) is 0 Å². The van der Waals surface area contributed by atoms with Crippen LogP contribution in [-0.2, 0) is 4.79 Å². The largest absolute Gasteiger partial charge is 0.387 e.